The molecule has 0 heterocycles. The van der Waals surface area contributed by atoms with E-state index in [1.807, 2.05) is 6.07 Å². The molecular weight excluding hydrogens is 250 g/mol. The average Bonchev–Trinajstić information content (AvgIpc) is 2.39. The molecule has 0 aromatic heterocycles. The minimum Gasteiger partial charge on any atom is -0.289 e. The monoisotopic (exact) mass is 261 g/mol. The van der Waals surface area contributed by atoms with Crippen LogP contribution in [0.5, 0.6) is 0 Å². The molecule has 0 saturated heterocycles. The number of para-hydroxylation sites is 1. The Bertz CT molecular complexity index is 584. The Balaban J connectivity index is 2.39. The van der Waals surface area contributed by atoms with Crippen LogP contribution in [0.4, 0.5) is 5.69 Å². The van der Waals surface area contributed by atoms with Crippen LogP contribution in [0.15, 0.2) is 54.6 Å². The summed E-state index contributed by atoms with van der Waals surface area (Å²) in [6.07, 6.45) is 0. The number of benzene rings is 2. The van der Waals surface area contributed by atoms with Crippen molar-refractivity contribution in [2.45, 2.75) is 0 Å². The van der Waals surface area contributed by atoms with Crippen molar-refractivity contribution in [2.75, 3.05) is 4.72 Å². The first-order valence-electron chi connectivity index (χ1n) is 5.25. The van der Waals surface area contributed by atoms with E-state index in [0.29, 0.717) is 16.8 Å². The highest BCUT2D eigenvalue weighted by atomic mass is 32.2. The number of carbonyl (C=O) groups excluding carboxylic acids is 1. The summed E-state index contributed by atoms with van der Waals surface area (Å²) in [7, 11) is 0. The van der Waals surface area contributed by atoms with Gasteiger partial charge in [0.05, 0.1) is 5.69 Å². The van der Waals surface area contributed by atoms with Crippen LogP contribution in [0.2, 0.25) is 0 Å². The zero-order valence-electron chi connectivity index (χ0n) is 9.37. The number of ketones is 1. The van der Waals surface area contributed by atoms with E-state index in [1.54, 1.807) is 48.5 Å². The van der Waals surface area contributed by atoms with Crippen LogP contribution in [0.3, 0.4) is 0 Å². The molecule has 2 aromatic carbocycles. The molecule has 1 unspecified atom stereocenters. The molecule has 4 nitrogen and oxygen atoms in total. The van der Waals surface area contributed by atoms with Gasteiger partial charge < -0.3 is 0 Å². The molecule has 2 N–H and O–H groups in total. The smallest absolute Gasteiger partial charge is 0.259 e. The maximum atomic E-state index is 12.2. The Morgan fingerprint density at radius 1 is 1.00 bits per heavy atom. The summed E-state index contributed by atoms with van der Waals surface area (Å²) in [5, 5.41) is 0. The largest absolute Gasteiger partial charge is 0.289 e. The van der Waals surface area contributed by atoms with E-state index in [4.69, 9.17) is 4.55 Å². The standard InChI is InChI=1S/C13H11NO3S/c15-13(10-6-2-1-3-7-10)11-8-4-5-9-12(11)14-18(16)17/h1-9,14H,(H,16,17). The van der Waals surface area contributed by atoms with Gasteiger partial charge in [-0.05, 0) is 12.1 Å². The van der Waals surface area contributed by atoms with Crippen molar-refractivity contribution in [3.63, 3.8) is 0 Å². The number of anilines is 1. The van der Waals surface area contributed by atoms with E-state index >= 15 is 0 Å². The van der Waals surface area contributed by atoms with Crippen molar-refractivity contribution in [1.82, 2.24) is 0 Å². The lowest BCUT2D eigenvalue weighted by Gasteiger charge is -2.08. The molecule has 0 spiro atoms. The highest BCUT2D eigenvalue weighted by molar-refractivity contribution is 7.80. The molecular formula is C13H11NO3S. The first-order chi connectivity index (χ1) is 8.68. The topological polar surface area (TPSA) is 66.4 Å². The van der Waals surface area contributed by atoms with Gasteiger partial charge in [0.15, 0.2) is 5.78 Å². The van der Waals surface area contributed by atoms with E-state index in [-0.39, 0.29) is 5.78 Å². The molecule has 0 amide bonds. The van der Waals surface area contributed by atoms with Gasteiger partial charge in [-0.25, -0.2) is 4.21 Å². The van der Waals surface area contributed by atoms with Crippen LogP contribution in [0.25, 0.3) is 0 Å². The molecule has 0 aliphatic rings. The van der Waals surface area contributed by atoms with Gasteiger partial charge >= 0.3 is 0 Å². The molecule has 92 valence electrons. The quantitative estimate of drug-likeness (QED) is 0.656. The number of nitrogens with one attached hydrogen (secondary N) is 1. The highest BCUT2D eigenvalue weighted by Gasteiger charge is 2.13. The van der Waals surface area contributed by atoms with Crippen LogP contribution < -0.4 is 4.72 Å². The Labute approximate surface area is 107 Å². The predicted molar refractivity (Wildman–Crippen MR) is 70.7 cm³/mol. The Hall–Kier alpha value is -1.98. The van der Waals surface area contributed by atoms with Gasteiger partial charge in [0.1, 0.15) is 0 Å². The van der Waals surface area contributed by atoms with Crippen LogP contribution >= 0.6 is 0 Å². The molecule has 0 aliphatic heterocycles. The molecule has 18 heavy (non-hydrogen) atoms. The second-order valence-electron chi connectivity index (χ2n) is 3.59. The zero-order valence-corrected chi connectivity index (χ0v) is 10.2. The van der Waals surface area contributed by atoms with Crippen molar-refractivity contribution >= 4 is 22.7 Å². The van der Waals surface area contributed by atoms with Crippen LogP contribution in [0.1, 0.15) is 15.9 Å². The minimum absolute atomic E-state index is 0.191. The maximum Gasteiger partial charge on any atom is 0.259 e. The van der Waals surface area contributed by atoms with Crippen LogP contribution in [-0.4, -0.2) is 14.5 Å². The van der Waals surface area contributed by atoms with Crippen molar-refractivity contribution < 1.29 is 13.6 Å². The van der Waals surface area contributed by atoms with Crippen molar-refractivity contribution in [3.8, 4) is 0 Å². The zero-order chi connectivity index (χ0) is 13.0. The molecule has 0 bridgehead atoms. The number of hydrogen-bond donors (Lipinski definition) is 2. The fourth-order valence-corrected chi connectivity index (χ4v) is 1.98. The molecule has 2 aromatic rings. The fraction of sp³-hybridized carbons (Fsp3) is 0. The summed E-state index contributed by atoms with van der Waals surface area (Å²) in [6.45, 7) is 0. The summed E-state index contributed by atoms with van der Waals surface area (Å²) in [4.78, 5) is 12.2. The second-order valence-corrected chi connectivity index (χ2v) is 4.29. The first-order valence-corrected chi connectivity index (χ1v) is 6.35. The van der Waals surface area contributed by atoms with E-state index in [2.05, 4.69) is 4.72 Å². The number of carbonyl (C=O) groups is 1. The Morgan fingerprint density at radius 3 is 2.28 bits per heavy atom. The normalized spacial score (nSPS) is 11.8. The Morgan fingerprint density at radius 2 is 1.61 bits per heavy atom. The molecule has 1 atom stereocenters. The third-order valence-electron chi connectivity index (χ3n) is 2.40. The number of rotatable bonds is 4. The van der Waals surface area contributed by atoms with E-state index in [9.17, 15) is 9.00 Å². The molecule has 0 radical (unpaired) electrons. The third-order valence-corrected chi connectivity index (χ3v) is 2.80. The van der Waals surface area contributed by atoms with Gasteiger partial charge in [0.2, 0.25) is 0 Å². The molecule has 0 fully saturated rings. The van der Waals surface area contributed by atoms with Crippen LogP contribution in [0, 0.1) is 0 Å². The van der Waals surface area contributed by atoms with Crippen molar-refractivity contribution in [2.24, 2.45) is 0 Å². The minimum atomic E-state index is -2.20. The molecule has 2 rings (SSSR count). The van der Waals surface area contributed by atoms with E-state index in [1.165, 1.54) is 0 Å². The summed E-state index contributed by atoms with van der Waals surface area (Å²) in [5.41, 5.74) is 1.24. The molecule has 5 heteroatoms. The predicted octanol–water partition coefficient (Wildman–Crippen LogP) is 2.47. The summed E-state index contributed by atoms with van der Waals surface area (Å²) in [6, 6.07) is 15.4. The second kappa shape index (κ2) is 5.57. The summed E-state index contributed by atoms with van der Waals surface area (Å²) >= 11 is -2.20. The lowest BCUT2D eigenvalue weighted by molar-refractivity contribution is 0.103. The highest BCUT2D eigenvalue weighted by Crippen LogP contribution is 2.19. The SMILES string of the molecule is O=C(c1ccccc1)c1ccccc1NS(=O)O. The maximum absolute atomic E-state index is 12.2. The number of hydrogen-bond acceptors (Lipinski definition) is 2. The first kappa shape index (κ1) is 12.5. The summed E-state index contributed by atoms with van der Waals surface area (Å²) in [5.74, 6) is -0.191. The average molecular weight is 261 g/mol. The van der Waals surface area contributed by atoms with Gasteiger partial charge in [-0.3, -0.25) is 14.1 Å². The molecule has 0 saturated carbocycles. The Kier molecular flexibility index (Phi) is 3.86. The van der Waals surface area contributed by atoms with E-state index < -0.39 is 11.3 Å². The van der Waals surface area contributed by atoms with Gasteiger partial charge in [-0.1, -0.05) is 42.5 Å². The molecule has 0 aliphatic carbocycles. The lowest BCUT2D eigenvalue weighted by Crippen LogP contribution is -2.09. The van der Waals surface area contributed by atoms with Gasteiger partial charge in [0, 0.05) is 11.1 Å². The van der Waals surface area contributed by atoms with Crippen molar-refractivity contribution in [3.05, 3.63) is 65.7 Å². The van der Waals surface area contributed by atoms with Gasteiger partial charge in [-0.15, -0.1) is 0 Å². The van der Waals surface area contributed by atoms with Crippen molar-refractivity contribution in [1.29, 1.82) is 0 Å². The third kappa shape index (κ3) is 2.82. The van der Waals surface area contributed by atoms with E-state index in [0.717, 1.165) is 0 Å². The summed E-state index contributed by atoms with van der Waals surface area (Å²) < 4.78 is 21.9. The van der Waals surface area contributed by atoms with Gasteiger partial charge in [-0.2, -0.15) is 0 Å². The lowest BCUT2D eigenvalue weighted by atomic mass is 10.0. The van der Waals surface area contributed by atoms with Crippen LogP contribution in [-0.2, 0) is 11.3 Å². The van der Waals surface area contributed by atoms with Gasteiger partial charge in [0.25, 0.3) is 11.3 Å². The fourth-order valence-electron chi connectivity index (χ4n) is 1.61.